The fourth-order valence-corrected chi connectivity index (χ4v) is 2.14. The summed E-state index contributed by atoms with van der Waals surface area (Å²) in [6, 6.07) is 5.02. The van der Waals surface area contributed by atoms with E-state index in [1.54, 1.807) is 0 Å². The van der Waals surface area contributed by atoms with E-state index in [9.17, 15) is 0 Å². The molecule has 0 radical (unpaired) electrons. The molecule has 0 spiro atoms. The molecule has 1 aliphatic rings. The van der Waals surface area contributed by atoms with Crippen molar-refractivity contribution in [3.8, 4) is 0 Å². The van der Waals surface area contributed by atoms with Gasteiger partial charge in [-0.1, -0.05) is 15.9 Å². The highest BCUT2D eigenvalue weighted by molar-refractivity contribution is 9.10. The number of hydrogen-bond acceptors (Lipinski definition) is 1. The predicted molar refractivity (Wildman–Crippen MR) is 60.4 cm³/mol. The Labute approximate surface area is 91.0 Å². The van der Waals surface area contributed by atoms with Gasteiger partial charge in [0.25, 0.3) is 0 Å². The molecule has 2 nitrogen and oxygen atoms in total. The summed E-state index contributed by atoms with van der Waals surface area (Å²) in [5.41, 5.74) is 2.55. The molecule has 1 aliphatic carbocycles. The zero-order chi connectivity index (χ0) is 9.71. The van der Waals surface area contributed by atoms with Gasteiger partial charge in [-0.2, -0.15) is 5.10 Å². The summed E-state index contributed by atoms with van der Waals surface area (Å²) in [7, 11) is 0. The van der Waals surface area contributed by atoms with Crippen LogP contribution in [0.3, 0.4) is 0 Å². The van der Waals surface area contributed by atoms with Crippen LogP contribution in [0.5, 0.6) is 0 Å². The third kappa shape index (κ3) is 1.19. The summed E-state index contributed by atoms with van der Waals surface area (Å²) in [4.78, 5) is 0. The van der Waals surface area contributed by atoms with Crippen molar-refractivity contribution in [2.24, 2.45) is 0 Å². The lowest BCUT2D eigenvalue weighted by atomic mass is 10.2. The van der Waals surface area contributed by atoms with Gasteiger partial charge in [0, 0.05) is 9.86 Å². The summed E-state index contributed by atoms with van der Waals surface area (Å²) >= 11 is 3.54. The maximum atomic E-state index is 4.44. The van der Waals surface area contributed by atoms with E-state index >= 15 is 0 Å². The smallest absolute Gasteiger partial charge is 0.0689 e. The van der Waals surface area contributed by atoms with Crippen molar-refractivity contribution in [3.63, 3.8) is 0 Å². The maximum Gasteiger partial charge on any atom is 0.0689 e. The monoisotopic (exact) mass is 250 g/mol. The number of benzene rings is 1. The lowest BCUT2D eigenvalue weighted by Crippen LogP contribution is -1.95. The largest absolute Gasteiger partial charge is 0.262 e. The SMILES string of the molecule is Cc1cc2c(cnn2C2CC2)cc1Br. The van der Waals surface area contributed by atoms with E-state index in [-0.39, 0.29) is 0 Å². The van der Waals surface area contributed by atoms with Crippen molar-refractivity contribution in [2.45, 2.75) is 25.8 Å². The molecule has 3 rings (SSSR count). The van der Waals surface area contributed by atoms with Crippen molar-refractivity contribution in [1.29, 1.82) is 0 Å². The van der Waals surface area contributed by atoms with Gasteiger partial charge in [0.2, 0.25) is 0 Å². The lowest BCUT2D eigenvalue weighted by Gasteiger charge is -2.02. The molecule has 0 N–H and O–H groups in total. The summed E-state index contributed by atoms with van der Waals surface area (Å²) in [5.74, 6) is 0. The molecule has 1 heterocycles. The Morgan fingerprint density at radius 2 is 2.21 bits per heavy atom. The highest BCUT2D eigenvalue weighted by atomic mass is 79.9. The second kappa shape index (κ2) is 2.83. The number of aryl methyl sites for hydroxylation is 1. The van der Waals surface area contributed by atoms with Gasteiger partial charge in [0.1, 0.15) is 0 Å². The minimum absolute atomic E-state index is 0.660. The first-order valence-corrected chi connectivity index (χ1v) is 5.68. The number of rotatable bonds is 1. The van der Waals surface area contributed by atoms with Crippen LogP contribution in [0.1, 0.15) is 24.4 Å². The molecule has 1 aromatic heterocycles. The molecule has 1 saturated carbocycles. The number of fused-ring (bicyclic) bond motifs is 1. The molecule has 0 bridgehead atoms. The van der Waals surface area contributed by atoms with Crippen molar-refractivity contribution in [3.05, 3.63) is 28.4 Å². The molecule has 0 atom stereocenters. The molecular weight excluding hydrogens is 240 g/mol. The first-order valence-electron chi connectivity index (χ1n) is 4.89. The zero-order valence-electron chi connectivity index (χ0n) is 8.00. The first kappa shape index (κ1) is 8.48. The average molecular weight is 251 g/mol. The van der Waals surface area contributed by atoms with Crippen molar-refractivity contribution >= 4 is 26.8 Å². The number of hydrogen-bond donors (Lipinski definition) is 0. The highest BCUT2D eigenvalue weighted by Crippen LogP contribution is 2.37. The Morgan fingerprint density at radius 3 is 2.93 bits per heavy atom. The molecule has 72 valence electrons. The van der Waals surface area contributed by atoms with Crippen LogP contribution >= 0.6 is 15.9 Å². The summed E-state index contributed by atoms with van der Waals surface area (Å²) in [6.07, 6.45) is 4.52. The minimum atomic E-state index is 0.660. The van der Waals surface area contributed by atoms with E-state index in [2.05, 4.69) is 44.8 Å². The number of halogens is 1. The average Bonchev–Trinajstić information content (AvgIpc) is 2.91. The third-order valence-electron chi connectivity index (χ3n) is 2.77. The molecule has 0 aliphatic heterocycles. The fourth-order valence-electron chi connectivity index (χ4n) is 1.78. The minimum Gasteiger partial charge on any atom is -0.262 e. The van der Waals surface area contributed by atoms with Gasteiger partial charge in [-0.15, -0.1) is 0 Å². The lowest BCUT2D eigenvalue weighted by molar-refractivity contribution is 0.665. The number of nitrogens with zero attached hydrogens (tertiary/aromatic N) is 2. The third-order valence-corrected chi connectivity index (χ3v) is 3.62. The van der Waals surface area contributed by atoms with Gasteiger partial charge < -0.3 is 0 Å². The van der Waals surface area contributed by atoms with Crippen LogP contribution in [0.25, 0.3) is 10.9 Å². The molecule has 0 saturated heterocycles. The molecule has 3 heteroatoms. The van der Waals surface area contributed by atoms with Crippen LogP contribution in [0, 0.1) is 6.92 Å². The van der Waals surface area contributed by atoms with Gasteiger partial charge in [0.05, 0.1) is 17.8 Å². The second-order valence-electron chi connectivity index (χ2n) is 3.98. The van der Waals surface area contributed by atoms with E-state index < -0.39 is 0 Å². The molecule has 2 aromatic rings. The van der Waals surface area contributed by atoms with Crippen LogP contribution in [-0.4, -0.2) is 9.78 Å². The van der Waals surface area contributed by atoms with Crippen molar-refractivity contribution < 1.29 is 0 Å². The highest BCUT2D eigenvalue weighted by Gasteiger charge is 2.25. The van der Waals surface area contributed by atoms with Gasteiger partial charge in [0.15, 0.2) is 0 Å². The fraction of sp³-hybridized carbons (Fsp3) is 0.364. The van der Waals surface area contributed by atoms with E-state index in [0.717, 1.165) is 0 Å². The molecule has 1 fully saturated rings. The second-order valence-corrected chi connectivity index (χ2v) is 4.83. The molecule has 1 aromatic carbocycles. The van der Waals surface area contributed by atoms with E-state index in [0.29, 0.717) is 6.04 Å². The first-order chi connectivity index (χ1) is 6.75. The molecule has 0 unspecified atom stereocenters. The molecule has 14 heavy (non-hydrogen) atoms. The van der Waals surface area contributed by atoms with Crippen LogP contribution in [0.2, 0.25) is 0 Å². The maximum absolute atomic E-state index is 4.44. The van der Waals surface area contributed by atoms with Crippen LogP contribution in [0.4, 0.5) is 0 Å². The summed E-state index contributed by atoms with van der Waals surface area (Å²) < 4.78 is 3.33. The Bertz CT molecular complexity index is 497. The Balaban J connectivity index is 2.29. The standard InChI is InChI=1S/C11H11BrN2/c1-7-4-11-8(5-10(7)12)6-13-14(11)9-2-3-9/h4-6,9H,2-3H2,1H3. The van der Waals surface area contributed by atoms with Crippen molar-refractivity contribution in [1.82, 2.24) is 9.78 Å². The molecule has 0 amide bonds. The summed E-state index contributed by atoms with van der Waals surface area (Å²) in [6.45, 7) is 2.12. The Morgan fingerprint density at radius 1 is 1.43 bits per heavy atom. The van der Waals surface area contributed by atoms with Crippen LogP contribution in [0.15, 0.2) is 22.8 Å². The van der Waals surface area contributed by atoms with Gasteiger partial charge in [-0.05, 0) is 37.5 Å². The van der Waals surface area contributed by atoms with E-state index in [1.807, 2.05) is 6.20 Å². The topological polar surface area (TPSA) is 17.8 Å². The predicted octanol–water partition coefficient (Wildman–Crippen LogP) is 3.44. The normalized spacial score (nSPS) is 16.4. The number of aromatic nitrogens is 2. The van der Waals surface area contributed by atoms with Crippen LogP contribution in [-0.2, 0) is 0 Å². The van der Waals surface area contributed by atoms with Gasteiger partial charge in [-0.3, -0.25) is 4.68 Å². The zero-order valence-corrected chi connectivity index (χ0v) is 9.58. The van der Waals surface area contributed by atoms with Crippen molar-refractivity contribution in [2.75, 3.05) is 0 Å². The Hall–Kier alpha value is -0.830. The van der Waals surface area contributed by atoms with Crippen LogP contribution < -0.4 is 0 Å². The van der Waals surface area contributed by atoms with E-state index in [4.69, 9.17) is 0 Å². The molecular formula is C11H11BrN2. The van der Waals surface area contributed by atoms with Gasteiger partial charge >= 0.3 is 0 Å². The van der Waals surface area contributed by atoms with Gasteiger partial charge in [-0.25, -0.2) is 0 Å². The quantitative estimate of drug-likeness (QED) is 0.759. The summed E-state index contributed by atoms with van der Waals surface area (Å²) in [5, 5.41) is 5.67. The van der Waals surface area contributed by atoms with E-state index in [1.165, 1.54) is 33.8 Å². The Kier molecular flexibility index (Phi) is 1.71.